The van der Waals surface area contributed by atoms with E-state index in [1.54, 1.807) is 26.5 Å². The van der Waals surface area contributed by atoms with E-state index in [-0.39, 0.29) is 0 Å². The second kappa shape index (κ2) is 6.83. The van der Waals surface area contributed by atoms with Crippen molar-refractivity contribution in [3.05, 3.63) is 71.5 Å². The lowest BCUT2D eigenvalue weighted by Crippen LogP contribution is -2.35. The highest BCUT2D eigenvalue weighted by atomic mass is 16.7. The Hall–Kier alpha value is -2.95. The fourth-order valence-electron chi connectivity index (χ4n) is 4.84. The molecule has 0 unspecified atom stereocenters. The van der Waals surface area contributed by atoms with E-state index in [4.69, 9.17) is 13.9 Å². The minimum atomic E-state index is -0.749. The van der Waals surface area contributed by atoms with Gasteiger partial charge in [-0.05, 0) is 52.1 Å². The van der Waals surface area contributed by atoms with Crippen LogP contribution < -0.4 is 0 Å². The van der Waals surface area contributed by atoms with Crippen LogP contribution in [0.25, 0.3) is 32.9 Å². The van der Waals surface area contributed by atoms with Crippen LogP contribution in [0, 0.1) is 0 Å². The summed E-state index contributed by atoms with van der Waals surface area (Å²) in [5.74, 6) is -0.142. The van der Waals surface area contributed by atoms with Crippen LogP contribution in [-0.2, 0) is 21.7 Å². The van der Waals surface area contributed by atoms with E-state index in [1.807, 2.05) is 6.07 Å². The van der Waals surface area contributed by atoms with Gasteiger partial charge in [0, 0.05) is 31.8 Å². The molecule has 1 aliphatic carbocycles. The first-order valence-electron chi connectivity index (χ1n) is 9.83. The molecule has 4 aromatic rings. The number of furan rings is 1. The number of fused-ring (bicyclic) bond motifs is 5. The van der Waals surface area contributed by atoms with Gasteiger partial charge >= 0.3 is 0 Å². The summed E-state index contributed by atoms with van der Waals surface area (Å²) in [6.45, 7) is 0. The summed E-state index contributed by atoms with van der Waals surface area (Å²) in [6, 6.07) is 16.4. The number of ether oxygens (including phenoxy) is 2. The lowest BCUT2D eigenvalue weighted by atomic mass is 9.80. The van der Waals surface area contributed by atoms with Gasteiger partial charge in [-0.15, -0.1) is 0 Å². The van der Waals surface area contributed by atoms with Crippen LogP contribution in [0.2, 0.25) is 0 Å². The minimum Gasteiger partial charge on any atom is -0.464 e. The number of benzene rings is 3. The molecular weight excluding hydrogens is 364 g/mol. The summed E-state index contributed by atoms with van der Waals surface area (Å²) in [4.78, 5) is 11.6. The fraction of sp³-hybridized carbons (Fsp3) is 0.240. The van der Waals surface area contributed by atoms with Crippen LogP contribution in [0.15, 0.2) is 59.2 Å². The molecule has 0 saturated carbocycles. The van der Waals surface area contributed by atoms with Crippen LogP contribution in [-0.4, -0.2) is 20.5 Å². The minimum absolute atomic E-state index is 0.555. The maximum atomic E-state index is 11.6. The molecule has 0 N–H and O–H groups in total. The van der Waals surface area contributed by atoms with E-state index in [2.05, 4.69) is 36.4 Å². The number of aryl methyl sites for hydroxylation is 1. The van der Waals surface area contributed by atoms with Gasteiger partial charge in [-0.25, -0.2) is 0 Å². The lowest BCUT2D eigenvalue weighted by Gasteiger charge is -2.37. The zero-order chi connectivity index (χ0) is 20.0. The molecular formula is C25H22O4. The van der Waals surface area contributed by atoms with E-state index in [0.717, 1.165) is 52.8 Å². The van der Waals surface area contributed by atoms with E-state index in [1.165, 1.54) is 10.9 Å². The van der Waals surface area contributed by atoms with Crippen molar-refractivity contribution in [2.24, 2.45) is 0 Å². The van der Waals surface area contributed by atoms with Gasteiger partial charge in [0.2, 0.25) is 0 Å². The number of aldehydes is 1. The average Bonchev–Trinajstić information content (AvgIpc) is 3.26. The smallest absolute Gasteiger partial charge is 0.194 e. The van der Waals surface area contributed by atoms with Gasteiger partial charge in [0.1, 0.15) is 5.76 Å². The maximum Gasteiger partial charge on any atom is 0.194 e. The summed E-state index contributed by atoms with van der Waals surface area (Å²) in [6.07, 6.45) is 5.11. The largest absolute Gasteiger partial charge is 0.464 e. The number of methoxy groups -OCH3 is 2. The molecule has 1 aliphatic rings. The molecule has 1 heterocycles. The highest BCUT2D eigenvalue weighted by Gasteiger charge is 2.38. The van der Waals surface area contributed by atoms with Gasteiger partial charge in [-0.1, -0.05) is 36.4 Å². The van der Waals surface area contributed by atoms with Crippen molar-refractivity contribution >= 4 is 27.8 Å². The van der Waals surface area contributed by atoms with Crippen molar-refractivity contribution in [2.75, 3.05) is 14.2 Å². The molecule has 0 bridgehead atoms. The number of hydrogen-bond donors (Lipinski definition) is 0. The van der Waals surface area contributed by atoms with Crippen molar-refractivity contribution in [1.82, 2.24) is 0 Å². The molecule has 0 spiro atoms. The Labute approximate surface area is 169 Å². The Balaban J connectivity index is 1.96. The van der Waals surface area contributed by atoms with Gasteiger partial charge in [0.15, 0.2) is 12.1 Å². The van der Waals surface area contributed by atoms with Crippen LogP contribution >= 0.6 is 0 Å². The summed E-state index contributed by atoms with van der Waals surface area (Å²) < 4.78 is 17.5. The van der Waals surface area contributed by atoms with Crippen LogP contribution in [0.1, 0.15) is 34.3 Å². The molecule has 146 valence electrons. The van der Waals surface area contributed by atoms with E-state index < -0.39 is 5.79 Å². The molecule has 0 saturated heterocycles. The predicted molar refractivity (Wildman–Crippen MR) is 113 cm³/mol. The Kier molecular flexibility index (Phi) is 4.26. The Morgan fingerprint density at radius 3 is 2.66 bits per heavy atom. The molecule has 0 aliphatic heterocycles. The standard InChI is InChI=1S/C25H22O4/c1-27-25(28-2)12-5-8-20-22(25)10-9-19-18-7-4-3-6-16(18)14-21(23(19)20)24-17(15-26)11-13-29-24/h3-4,6-7,9-11,13-15H,5,8,12H2,1-2H3. The third-order valence-electron chi connectivity index (χ3n) is 6.20. The molecule has 4 heteroatoms. The number of rotatable bonds is 4. The first-order chi connectivity index (χ1) is 14.2. The molecule has 4 nitrogen and oxygen atoms in total. The summed E-state index contributed by atoms with van der Waals surface area (Å²) in [7, 11) is 3.39. The molecule has 0 radical (unpaired) electrons. The SMILES string of the molecule is COC1(OC)CCCc2c1ccc1c2c(-c2occc2C=O)cc2ccccc21. The second-order valence-electron chi connectivity index (χ2n) is 7.50. The van der Waals surface area contributed by atoms with Gasteiger partial charge in [-0.3, -0.25) is 4.79 Å². The number of carbonyl (C=O) groups excluding carboxylic acids is 1. The van der Waals surface area contributed by atoms with Crippen LogP contribution in [0.4, 0.5) is 0 Å². The van der Waals surface area contributed by atoms with Crippen molar-refractivity contribution < 1.29 is 18.7 Å². The molecule has 1 aromatic heterocycles. The first-order valence-corrected chi connectivity index (χ1v) is 9.83. The van der Waals surface area contributed by atoms with Crippen LogP contribution in [0.5, 0.6) is 0 Å². The molecule has 29 heavy (non-hydrogen) atoms. The van der Waals surface area contributed by atoms with Crippen LogP contribution in [0.3, 0.4) is 0 Å². The number of hydrogen-bond acceptors (Lipinski definition) is 4. The Bertz CT molecular complexity index is 1230. The van der Waals surface area contributed by atoms with Crippen molar-refractivity contribution in [1.29, 1.82) is 0 Å². The fourth-order valence-corrected chi connectivity index (χ4v) is 4.84. The maximum absolute atomic E-state index is 11.6. The third-order valence-corrected chi connectivity index (χ3v) is 6.20. The average molecular weight is 386 g/mol. The molecule has 0 atom stereocenters. The highest BCUT2D eigenvalue weighted by Crippen LogP contribution is 2.46. The molecule has 3 aromatic carbocycles. The first kappa shape index (κ1) is 18.1. The summed E-state index contributed by atoms with van der Waals surface area (Å²) >= 11 is 0. The summed E-state index contributed by atoms with van der Waals surface area (Å²) in [5.41, 5.74) is 3.74. The lowest BCUT2D eigenvalue weighted by molar-refractivity contribution is -0.224. The van der Waals surface area contributed by atoms with E-state index in [0.29, 0.717) is 11.3 Å². The Morgan fingerprint density at radius 2 is 1.86 bits per heavy atom. The molecule has 5 rings (SSSR count). The van der Waals surface area contributed by atoms with Gasteiger partial charge < -0.3 is 13.9 Å². The van der Waals surface area contributed by atoms with Gasteiger partial charge in [0.25, 0.3) is 0 Å². The van der Waals surface area contributed by atoms with Crippen molar-refractivity contribution in [3.8, 4) is 11.3 Å². The molecule has 0 fully saturated rings. The third kappa shape index (κ3) is 2.56. The van der Waals surface area contributed by atoms with Gasteiger partial charge in [-0.2, -0.15) is 0 Å². The highest BCUT2D eigenvalue weighted by molar-refractivity contribution is 6.15. The van der Waals surface area contributed by atoms with E-state index >= 15 is 0 Å². The Morgan fingerprint density at radius 1 is 1.03 bits per heavy atom. The van der Waals surface area contributed by atoms with Crippen molar-refractivity contribution in [3.63, 3.8) is 0 Å². The second-order valence-corrected chi connectivity index (χ2v) is 7.50. The van der Waals surface area contributed by atoms with Crippen molar-refractivity contribution in [2.45, 2.75) is 25.0 Å². The monoisotopic (exact) mass is 386 g/mol. The zero-order valence-electron chi connectivity index (χ0n) is 16.5. The van der Waals surface area contributed by atoms with Gasteiger partial charge in [0.05, 0.1) is 11.8 Å². The topological polar surface area (TPSA) is 48.7 Å². The number of carbonyl (C=O) groups is 1. The normalized spacial score (nSPS) is 15.5. The summed E-state index contributed by atoms with van der Waals surface area (Å²) in [5, 5.41) is 4.55. The molecule has 0 amide bonds. The zero-order valence-corrected chi connectivity index (χ0v) is 16.5. The van der Waals surface area contributed by atoms with E-state index in [9.17, 15) is 4.79 Å². The quantitative estimate of drug-likeness (QED) is 0.251. The predicted octanol–water partition coefficient (Wildman–Crippen LogP) is 5.85.